The second kappa shape index (κ2) is 8.13. The van der Waals surface area contributed by atoms with E-state index >= 15 is 0 Å². The molecule has 5 heteroatoms. The molecule has 154 valence electrons. The van der Waals surface area contributed by atoms with Crippen LogP contribution in [-0.4, -0.2) is 26.4 Å². The summed E-state index contributed by atoms with van der Waals surface area (Å²) >= 11 is 0. The number of benzene rings is 2. The highest BCUT2D eigenvalue weighted by Gasteiger charge is 2.53. The van der Waals surface area contributed by atoms with Crippen molar-refractivity contribution in [3.63, 3.8) is 0 Å². The topological polar surface area (TPSA) is 30.5 Å². The molecule has 3 rings (SSSR count). The van der Waals surface area contributed by atoms with Crippen LogP contribution in [0.15, 0.2) is 71.8 Å². The molecule has 1 aliphatic rings. The molecule has 0 saturated carbocycles. The summed E-state index contributed by atoms with van der Waals surface area (Å²) in [5, 5.41) is 3.74. The van der Waals surface area contributed by atoms with Crippen LogP contribution in [0.2, 0.25) is 19.6 Å². The van der Waals surface area contributed by atoms with Crippen LogP contribution in [0.1, 0.15) is 39.3 Å². The summed E-state index contributed by atoms with van der Waals surface area (Å²) < 4.78 is 13.0. The van der Waals surface area contributed by atoms with Crippen molar-refractivity contribution in [1.82, 2.24) is 0 Å². The van der Waals surface area contributed by atoms with Gasteiger partial charge in [-0.2, -0.15) is 0 Å². The third-order valence-electron chi connectivity index (χ3n) is 5.68. The number of rotatable bonds is 6. The molecule has 29 heavy (non-hydrogen) atoms. The van der Waals surface area contributed by atoms with E-state index in [1.165, 1.54) is 5.56 Å². The average molecular weight is 407 g/mol. The number of hydrogen-bond donors (Lipinski definition) is 1. The lowest BCUT2D eigenvalue weighted by Gasteiger charge is -2.32. The standard InChI is InChI=1S/C24H34BNO2Si/c1-23(2)24(3,4)28-25(27-23)21(18-29(5,6)7)22(19-14-10-8-11-15-19)26-20-16-12-9-13-17-20/h8-18,22,26H,1-7H3/b21-18-. The van der Waals surface area contributed by atoms with Crippen LogP contribution in [0.25, 0.3) is 0 Å². The van der Waals surface area contributed by atoms with Crippen LogP contribution < -0.4 is 5.32 Å². The molecule has 2 aromatic rings. The molecule has 1 unspecified atom stereocenters. The van der Waals surface area contributed by atoms with Gasteiger partial charge in [-0.1, -0.05) is 73.9 Å². The van der Waals surface area contributed by atoms with Crippen molar-refractivity contribution in [2.45, 2.75) is 64.6 Å². The average Bonchev–Trinajstić information content (AvgIpc) is 2.86. The van der Waals surface area contributed by atoms with E-state index in [4.69, 9.17) is 9.31 Å². The highest BCUT2D eigenvalue weighted by Crippen LogP contribution is 2.42. The number of hydrogen-bond acceptors (Lipinski definition) is 3. The fourth-order valence-electron chi connectivity index (χ4n) is 3.47. The Morgan fingerprint density at radius 2 is 1.34 bits per heavy atom. The van der Waals surface area contributed by atoms with Crippen molar-refractivity contribution in [3.8, 4) is 0 Å². The summed E-state index contributed by atoms with van der Waals surface area (Å²) in [6.07, 6.45) is 0. The Morgan fingerprint density at radius 3 is 1.83 bits per heavy atom. The molecule has 0 aromatic heterocycles. The molecule has 0 radical (unpaired) electrons. The second-order valence-corrected chi connectivity index (χ2v) is 15.0. The van der Waals surface area contributed by atoms with E-state index < -0.39 is 8.07 Å². The van der Waals surface area contributed by atoms with Crippen molar-refractivity contribution < 1.29 is 9.31 Å². The maximum Gasteiger partial charge on any atom is 0.492 e. The van der Waals surface area contributed by atoms with Gasteiger partial charge in [0.05, 0.1) is 25.3 Å². The summed E-state index contributed by atoms with van der Waals surface area (Å²) in [6, 6.07) is 20.9. The minimum Gasteiger partial charge on any atom is -0.400 e. The van der Waals surface area contributed by atoms with Gasteiger partial charge in [0.1, 0.15) is 0 Å². The van der Waals surface area contributed by atoms with E-state index in [9.17, 15) is 0 Å². The van der Waals surface area contributed by atoms with Gasteiger partial charge in [0.15, 0.2) is 0 Å². The smallest absolute Gasteiger partial charge is 0.400 e. The van der Waals surface area contributed by atoms with Crippen LogP contribution in [0.3, 0.4) is 0 Å². The second-order valence-electron chi connectivity index (χ2n) is 9.95. The summed E-state index contributed by atoms with van der Waals surface area (Å²) in [5.74, 6) is 0. The molecule has 3 nitrogen and oxygen atoms in total. The van der Waals surface area contributed by atoms with Gasteiger partial charge in [-0.15, -0.1) is 0 Å². The van der Waals surface area contributed by atoms with Crippen molar-refractivity contribution in [1.29, 1.82) is 0 Å². The SMILES string of the molecule is CC1(C)OB(/C(=C\[Si](C)(C)C)C(Nc2ccccc2)c2ccccc2)OC1(C)C. The van der Waals surface area contributed by atoms with Crippen LogP contribution >= 0.6 is 0 Å². The Hall–Kier alpha value is -1.82. The Bertz CT molecular complexity index is 828. The molecule has 1 saturated heterocycles. The van der Waals surface area contributed by atoms with E-state index in [1.54, 1.807) is 0 Å². The molecule has 0 bridgehead atoms. The maximum absolute atomic E-state index is 6.50. The zero-order valence-corrected chi connectivity index (χ0v) is 19.8. The predicted octanol–water partition coefficient (Wildman–Crippen LogP) is 6.28. The monoisotopic (exact) mass is 407 g/mol. The lowest BCUT2D eigenvalue weighted by Crippen LogP contribution is -2.41. The van der Waals surface area contributed by atoms with E-state index in [1.807, 2.05) is 6.07 Å². The third kappa shape index (κ3) is 5.22. The summed E-state index contributed by atoms with van der Waals surface area (Å²) in [4.78, 5) is 0. The Labute approximate surface area is 177 Å². The molecule has 1 fully saturated rings. The van der Waals surface area contributed by atoms with Crippen molar-refractivity contribution in [2.24, 2.45) is 0 Å². The number of anilines is 1. The molecule has 1 N–H and O–H groups in total. The zero-order valence-electron chi connectivity index (χ0n) is 18.8. The van der Waals surface area contributed by atoms with E-state index in [-0.39, 0.29) is 24.4 Å². The highest BCUT2D eigenvalue weighted by atomic mass is 28.3. The lowest BCUT2D eigenvalue weighted by molar-refractivity contribution is 0.00578. The molecule has 0 aliphatic carbocycles. The minimum absolute atomic E-state index is 0.0278. The fraction of sp³-hybridized carbons (Fsp3) is 0.417. The predicted molar refractivity (Wildman–Crippen MR) is 127 cm³/mol. The zero-order chi connectivity index (χ0) is 21.3. The van der Waals surface area contributed by atoms with Crippen molar-refractivity contribution >= 4 is 20.9 Å². The highest BCUT2D eigenvalue weighted by molar-refractivity contribution is 6.82. The normalized spacial score (nSPS) is 19.8. The fourth-order valence-corrected chi connectivity index (χ4v) is 4.78. The van der Waals surface area contributed by atoms with Crippen molar-refractivity contribution in [2.75, 3.05) is 5.32 Å². The summed E-state index contributed by atoms with van der Waals surface area (Å²) in [7, 11) is -1.94. The molecule has 0 spiro atoms. The van der Waals surface area contributed by atoms with Crippen molar-refractivity contribution in [3.05, 3.63) is 77.4 Å². The van der Waals surface area contributed by atoms with Crippen LogP contribution in [0, 0.1) is 0 Å². The van der Waals surface area contributed by atoms with Gasteiger partial charge in [-0.25, -0.2) is 0 Å². The summed E-state index contributed by atoms with van der Waals surface area (Å²) in [6.45, 7) is 15.5. The molecular weight excluding hydrogens is 373 g/mol. The van der Waals surface area contributed by atoms with Crippen LogP contribution in [0.5, 0.6) is 0 Å². The van der Waals surface area contributed by atoms with Gasteiger partial charge < -0.3 is 14.6 Å². The third-order valence-corrected chi connectivity index (χ3v) is 6.88. The van der Waals surface area contributed by atoms with E-state index in [0.717, 1.165) is 11.2 Å². The number of nitrogens with one attached hydrogen (secondary N) is 1. The van der Waals surface area contributed by atoms with Gasteiger partial charge in [-0.05, 0) is 50.9 Å². The van der Waals surface area contributed by atoms with Crippen LogP contribution in [-0.2, 0) is 9.31 Å². The van der Waals surface area contributed by atoms with E-state index in [0.29, 0.717) is 0 Å². The van der Waals surface area contributed by atoms with Gasteiger partial charge in [0, 0.05) is 5.69 Å². The molecular formula is C24H34BNO2Si. The lowest BCUT2D eigenvalue weighted by atomic mass is 9.72. The van der Waals surface area contributed by atoms with Crippen LogP contribution in [0.4, 0.5) is 5.69 Å². The minimum atomic E-state index is -1.56. The Kier molecular flexibility index (Phi) is 6.14. The quantitative estimate of drug-likeness (QED) is 0.572. The molecule has 1 aliphatic heterocycles. The van der Waals surface area contributed by atoms with Gasteiger partial charge in [-0.3, -0.25) is 0 Å². The molecule has 1 atom stereocenters. The summed E-state index contributed by atoms with van der Waals surface area (Å²) in [5.41, 5.74) is 5.14. The van der Waals surface area contributed by atoms with E-state index in [2.05, 4.69) is 113 Å². The first-order chi connectivity index (χ1) is 13.5. The first-order valence-electron chi connectivity index (χ1n) is 10.4. The Morgan fingerprint density at radius 1 is 0.862 bits per heavy atom. The maximum atomic E-state index is 6.50. The largest absolute Gasteiger partial charge is 0.492 e. The molecule has 2 aromatic carbocycles. The van der Waals surface area contributed by atoms with Gasteiger partial charge in [0.25, 0.3) is 0 Å². The number of para-hydroxylation sites is 1. The molecule has 0 amide bonds. The molecule has 1 heterocycles. The van der Waals surface area contributed by atoms with Gasteiger partial charge in [0.2, 0.25) is 0 Å². The first kappa shape index (κ1) is 21.9. The van der Waals surface area contributed by atoms with Gasteiger partial charge >= 0.3 is 7.12 Å². The first-order valence-corrected chi connectivity index (χ1v) is 14.0. The Balaban J connectivity index is 2.08.